The van der Waals surface area contributed by atoms with E-state index < -0.39 is 9.85 Å². The van der Waals surface area contributed by atoms with Gasteiger partial charge < -0.3 is 9.47 Å². The number of nitro benzene ring substituents is 2. The molecule has 0 aliphatic rings. The lowest BCUT2D eigenvalue weighted by atomic mass is 10.2. The molecular weight excluding hydrogens is 392 g/mol. The third-order valence-corrected chi connectivity index (χ3v) is 3.87. The summed E-state index contributed by atoms with van der Waals surface area (Å²) in [7, 11) is 0. The van der Waals surface area contributed by atoms with Crippen LogP contribution in [0.2, 0.25) is 0 Å². The number of nitriles is 2. The van der Waals surface area contributed by atoms with Crippen LogP contribution in [0.15, 0.2) is 60.7 Å². The van der Waals surface area contributed by atoms with Crippen molar-refractivity contribution < 1.29 is 19.3 Å². The third kappa shape index (κ3) is 4.30. The maximum absolute atomic E-state index is 10.9. The summed E-state index contributed by atoms with van der Waals surface area (Å²) in [5.74, 6) is 1.28. The van der Waals surface area contributed by atoms with Crippen LogP contribution in [0.5, 0.6) is 23.0 Å². The average Bonchev–Trinajstić information content (AvgIpc) is 2.74. The molecule has 3 rings (SSSR count). The second kappa shape index (κ2) is 8.37. The van der Waals surface area contributed by atoms with Crippen LogP contribution >= 0.6 is 0 Å². The second-order valence-corrected chi connectivity index (χ2v) is 5.77. The molecule has 10 heteroatoms. The number of hydrogen-bond donors (Lipinski definition) is 0. The molecule has 0 aliphatic heterocycles. The highest BCUT2D eigenvalue weighted by Crippen LogP contribution is 2.31. The van der Waals surface area contributed by atoms with Gasteiger partial charge in [0, 0.05) is 24.3 Å². The monoisotopic (exact) mass is 402 g/mol. The zero-order chi connectivity index (χ0) is 21.7. The Labute approximate surface area is 169 Å². The van der Waals surface area contributed by atoms with Crippen molar-refractivity contribution in [3.8, 4) is 35.1 Å². The molecule has 30 heavy (non-hydrogen) atoms. The highest BCUT2D eigenvalue weighted by molar-refractivity contribution is 5.54. The molecule has 0 aliphatic carbocycles. The van der Waals surface area contributed by atoms with E-state index in [9.17, 15) is 20.2 Å². The fraction of sp³-hybridized carbons (Fsp3) is 0. The summed E-state index contributed by atoms with van der Waals surface area (Å²) < 4.78 is 11.2. The lowest BCUT2D eigenvalue weighted by molar-refractivity contribution is -0.385. The number of nitrogens with zero attached hydrogens (tertiary/aromatic N) is 4. The summed E-state index contributed by atoms with van der Waals surface area (Å²) in [6, 6.07) is 17.4. The van der Waals surface area contributed by atoms with E-state index in [1.165, 1.54) is 36.4 Å². The third-order valence-electron chi connectivity index (χ3n) is 3.87. The molecule has 0 aromatic heterocycles. The van der Waals surface area contributed by atoms with Gasteiger partial charge in [-0.05, 0) is 36.4 Å². The standard InChI is InChI=1S/C20H10N4O6/c21-11-13-9-17(5-7-19(13)23(25)26)29-15-1-2-16(4-3-15)30-18-6-8-20(24(27)28)14(10-18)12-22/h1-10H. The van der Waals surface area contributed by atoms with Gasteiger partial charge >= 0.3 is 0 Å². The van der Waals surface area contributed by atoms with Crippen LogP contribution in [0, 0.1) is 42.9 Å². The molecule has 0 amide bonds. The van der Waals surface area contributed by atoms with Gasteiger partial charge in [-0.1, -0.05) is 0 Å². The van der Waals surface area contributed by atoms with Crippen molar-refractivity contribution in [3.63, 3.8) is 0 Å². The first-order valence-electron chi connectivity index (χ1n) is 8.24. The fourth-order valence-corrected chi connectivity index (χ4v) is 2.50. The molecule has 10 nitrogen and oxygen atoms in total. The van der Waals surface area contributed by atoms with Crippen LogP contribution in [-0.2, 0) is 0 Å². The first-order chi connectivity index (χ1) is 14.4. The van der Waals surface area contributed by atoms with E-state index in [2.05, 4.69) is 0 Å². The van der Waals surface area contributed by atoms with Crippen molar-refractivity contribution >= 4 is 11.4 Å². The second-order valence-electron chi connectivity index (χ2n) is 5.77. The number of ether oxygens (including phenoxy) is 2. The van der Waals surface area contributed by atoms with E-state index in [4.69, 9.17) is 20.0 Å². The largest absolute Gasteiger partial charge is 0.457 e. The van der Waals surface area contributed by atoms with Crippen LogP contribution in [0.25, 0.3) is 0 Å². The molecule has 0 saturated heterocycles. The van der Waals surface area contributed by atoms with E-state index >= 15 is 0 Å². The topological polar surface area (TPSA) is 152 Å². The molecule has 0 atom stereocenters. The van der Waals surface area contributed by atoms with Gasteiger partial charge in [0.25, 0.3) is 11.4 Å². The van der Waals surface area contributed by atoms with Crippen molar-refractivity contribution in [1.29, 1.82) is 10.5 Å². The Morgan fingerprint density at radius 3 is 1.27 bits per heavy atom. The summed E-state index contributed by atoms with van der Waals surface area (Å²) in [4.78, 5) is 20.5. The minimum absolute atomic E-state index is 0.121. The predicted octanol–water partition coefficient (Wildman–Crippen LogP) is 4.83. The first kappa shape index (κ1) is 19.8. The molecule has 0 bridgehead atoms. The Morgan fingerprint density at radius 2 is 0.967 bits per heavy atom. The van der Waals surface area contributed by atoms with E-state index in [-0.39, 0.29) is 34.0 Å². The summed E-state index contributed by atoms with van der Waals surface area (Å²) >= 11 is 0. The number of benzene rings is 3. The summed E-state index contributed by atoms with van der Waals surface area (Å²) in [5.41, 5.74) is -0.866. The minimum Gasteiger partial charge on any atom is -0.457 e. The van der Waals surface area contributed by atoms with E-state index in [0.29, 0.717) is 11.5 Å². The Bertz CT molecular complexity index is 1130. The van der Waals surface area contributed by atoms with Crippen LogP contribution in [-0.4, -0.2) is 9.85 Å². The molecule has 3 aromatic carbocycles. The van der Waals surface area contributed by atoms with E-state index in [1.54, 1.807) is 36.4 Å². The molecule has 0 N–H and O–H groups in total. The summed E-state index contributed by atoms with van der Waals surface area (Å²) in [5, 5.41) is 39.8. The van der Waals surface area contributed by atoms with Crippen LogP contribution in [0.4, 0.5) is 11.4 Å². The van der Waals surface area contributed by atoms with Crippen molar-refractivity contribution in [3.05, 3.63) is 92.0 Å². The molecule has 0 unspecified atom stereocenters. The Morgan fingerprint density at radius 1 is 0.633 bits per heavy atom. The average molecular weight is 402 g/mol. The van der Waals surface area contributed by atoms with Gasteiger partial charge in [0.15, 0.2) is 0 Å². The Balaban J connectivity index is 1.75. The molecule has 0 spiro atoms. The molecular formula is C20H10N4O6. The van der Waals surface area contributed by atoms with Crippen LogP contribution < -0.4 is 9.47 Å². The number of hydrogen-bond acceptors (Lipinski definition) is 8. The van der Waals surface area contributed by atoms with Gasteiger partial charge in [-0.2, -0.15) is 10.5 Å². The molecule has 0 radical (unpaired) electrons. The predicted molar refractivity (Wildman–Crippen MR) is 102 cm³/mol. The minimum atomic E-state index is -0.648. The van der Waals surface area contributed by atoms with Gasteiger partial charge in [-0.3, -0.25) is 20.2 Å². The van der Waals surface area contributed by atoms with Gasteiger partial charge in [0.05, 0.1) is 9.85 Å². The lowest BCUT2D eigenvalue weighted by Crippen LogP contribution is -1.94. The van der Waals surface area contributed by atoms with Gasteiger partial charge in [0.1, 0.15) is 46.3 Å². The van der Waals surface area contributed by atoms with E-state index in [0.717, 1.165) is 0 Å². The van der Waals surface area contributed by atoms with Gasteiger partial charge in [0.2, 0.25) is 0 Å². The molecule has 3 aromatic rings. The van der Waals surface area contributed by atoms with E-state index in [1.807, 2.05) is 0 Å². The van der Waals surface area contributed by atoms with Crippen LogP contribution in [0.1, 0.15) is 11.1 Å². The normalized spacial score (nSPS) is 9.80. The summed E-state index contributed by atoms with van der Waals surface area (Å²) in [6.45, 7) is 0. The maximum atomic E-state index is 10.9. The van der Waals surface area contributed by atoms with Crippen molar-refractivity contribution in [2.75, 3.05) is 0 Å². The van der Waals surface area contributed by atoms with Crippen molar-refractivity contribution in [1.82, 2.24) is 0 Å². The first-order valence-corrected chi connectivity index (χ1v) is 8.24. The maximum Gasteiger partial charge on any atom is 0.287 e. The molecule has 0 heterocycles. The van der Waals surface area contributed by atoms with Crippen LogP contribution in [0.3, 0.4) is 0 Å². The van der Waals surface area contributed by atoms with Gasteiger partial charge in [-0.25, -0.2) is 0 Å². The molecule has 0 saturated carbocycles. The SMILES string of the molecule is N#Cc1cc(Oc2ccc(Oc3ccc([N+](=O)[O-])c(C#N)c3)cc2)ccc1[N+](=O)[O-]. The zero-order valence-electron chi connectivity index (χ0n) is 15.0. The number of nitro groups is 2. The fourth-order valence-electron chi connectivity index (χ4n) is 2.50. The number of rotatable bonds is 6. The Kier molecular flexibility index (Phi) is 5.52. The Hall–Kier alpha value is -4.96. The highest BCUT2D eigenvalue weighted by Gasteiger charge is 2.16. The zero-order valence-corrected chi connectivity index (χ0v) is 15.0. The van der Waals surface area contributed by atoms with Crippen molar-refractivity contribution in [2.45, 2.75) is 0 Å². The molecule has 0 fully saturated rings. The van der Waals surface area contributed by atoms with Gasteiger partial charge in [-0.15, -0.1) is 0 Å². The smallest absolute Gasteiger partial charge is 0.287 e. The quantitative estimate of drug-likeness (QED) is 0.419. The lowest BCUT2D eigenvalue weighted by Gasteiger charge is -2.09. The highest BCUT2D eigenvalue weighted by atomic mass is 16.6. The molecule has 146 valence electrons. The summed E-state index contributed by atoms with van der Waals surface area (Å²) in [6.07, 6.45) is 0. The van der Waals surface area contributed by atoms with Crippen molar-refractivity contribution in [2.24, 2.45) is 0 Å².